The highest BCUT2D eigenvalue weighted by atomic mass is 19.1. The van der Waals surface area contributed by atoms with E-state index in [-0.39, 0.29) is 18.5 Å². The summed E-state index contributed by atoms with van der Waals surface area (Å²) in [5, 5.41) is 3.30. The molecule has 114 valence electrons. The van der Waals surface area contributed by atoms with Crippen molar-refractivity contribution in [3.63, 3.8) is 0 Å². The summed E-state index contributed by atoms with van der Waals surface area (Å²) in [6, 6.07) is 5.18. The first-order valence-corrected chi connectivity index (χ1v) is 7.30. The molecule has 0 unspecified atom stereocenters. The molecule has 1 aromatic rings. The number of benzene rings is 1. The van der Waals surface area contributed by atoms with Gasteiger partial charge in [-0.25, -0.2) is 4.39 Å². The molecule has 0 fully saturated rings. The third-order valence-electron chi connectivity index (χ3n) is 2.80. The van der Waals surface area contributed by atoms with Crippen molar-refractivity contribution in [2.24, 2.45) is 0 Å². The van der Waals surface area contributed by atoms with Crippen molar-refractivity contribution in [3.05, 3.63) is 35.1 Å². The molecule has 0 aliphatic heterocycles. The van der Waals surface area contributed by atoms with Gasteiger partial charge in [-0.2, -0.15) is 0 Å². The summed E-state index contributed by atoms with van der Waals surface area (Å²) in [6.07, 6.45) is 1.29. The van der Waals surface area contributed by atoms with Crippen LogP contribution in [0.25, 0.3) is 0 Å². The number of rotatable bonds is 10. The standard InChI is InChI=1S/C16H26FNO2/c1-4-7-18-11-14-5-6-16(17)15(10-14)12-19-8-9-20-13(2)3/h5-6,10,13,18H,4,7-9,11-12H2,1-3H3. The summed E-state index contributed by atoms with van der Waals surface area (Å²) in [5.74, 6) is -0.214. The molecule has 0 radical (unpaired) electrons. The fourth-order valence-corrected chi connectivity index (χ4v) is 1.78. The van der Waals surface area contributed by atoms with Gasteiger partial charge in [0.2, 0.25) is 0 Å². The quantitative estimate of drug-likeness (QED) is 0.669. The van der Waals surface area contributed by atoms with Gasteiger partial charge in [-0.1, -0.05) is 13.0 Å². The lowest BCUT2D eigenvalue weighted by Crippen LogP contribution is -2.14. The normalized spacial score (nSPS) is 11.2. The molecule has 1 rings (SSSR count). The van der Waals surface area contributed by atoms with Crippen LogP contribution < -0.4 is 5.32 Å². The molecule has 0 bridgehead atoms. The second-order valence-electron chi connectivity index (χ2n) is 5.07. The summed E-state index contributed by atoms with van der Waals surface area (Å²) >= 11 is 0. The second kappa shape index (κ2) is 9.86. The first kappa shape index (κ1) is 17.1. The molecule has 0 heterocycles. The molecule has 0 spiro atoms. The van der Waals surface area contributed by atoms with Gasteiger partial charge in [-0.3, -0.25) is 0 Å². The Hall–Kier alpha value is -0.970. The first-order chi connectivity index (χ1) is 9.63. The lowest BCUT2D eigenvalue weighted by atomic mass is 10.1. The number of halogens is 1. The fraction of sp³-hybridized carbons (Fsp3) is 0.625. The Labute approximate surface area is 121 Å². The zero-order valence-electron chi connectivity index (χ0n) is 12.7. The van der Waals surface area contributed by atoms with Crippen LogP contribution in [0.5, 0.6) is 0 Å². The molecule has 0 aliphatic rings. The van der Waals surface area contributed by atoms with E-state index in [1.54, 1.807) is 0 Å². The maximum Gasteiger partial charge on any atom is 0.128 e. The van der Waals surface area contributed by atoms with Crippen LogP contribution in [0, 0.1) is 5.82 Å². The van der Waals surface area contributed by atoms with E-state index >= 15 is 0 Å². The van der Waals surface area contributed by atoms with Crippen LogP contribution in [0.2, 0.25) is 0 Å². The highest BCUT2D eigenvalue weighted by Crippen LogP contribution is 2.12. The summed E-state index contributed by atoms with van der Waals surface area (Å²) in [5.41, 5.74) is 1.68. The maximum atomic E-state index is 13.7. The minimum Gasteiger partial charge on any atom is -0.376 e. The molecule has 0 amide bonds. The average Bonchev–Trinajstić information content (AvgIpc) is 2.41. The van der Waals surface area contributed by atoms with Crippen molar-refractivity contribution >= 4 is 0 Å². The Morgan fingerprint density at radius 2 is 2.05 bits per heavy atom. The van der Waals surface area contributed by atoms with E-state index in [1.807, 2.05) is 26.0 Å². The molecule has 1 aromatic carbocycles. The van der Waals surface area contributed by atoms with Crippen molar-refractivity contribution in [3.8, 4) is 0 Å². The predicted octanol–water partition coefficient (Wildman–Crippen LogP) is 3.27. The molecular formula is C16H26FNO2. The Morgan fingerprint density at radius 3 is 2.75 bits per heavy atom. The van der Waals surface area contributed by atoms with Crippen LogP contribution in [0.4, 0.5) is 4.39 Å². The van der Waals surface area contributed by atoms with Crippen LogP contribution in [-0.2, 0) is 22.6 Å². The van der Waals surface area contributed by atoms with Crippen molar-refractivity contribution in [1.29, 1.82) is 0 Å². The fourth-order valence-electron chi connectivity index (χ4n) is 1.78. The van der Waals surface area contributed by atoms with Gasteiger partial charge in [-0.15, -0.1) is 0 Å². The number of hydrogen-bond acceptors (Lipinski definition) is 3. The third-order valence-corrected chi connectivity index (χ3v) is 2.80. The van der Waals surface area contributed by atoms with Crippen LogP contribution in [-0.4, -0.2) is 25.9 Å². The predicted molar refractivity (Wildman–Crippen MR) is 79.1 cm³/mol. The topological polar surface area (TPSA) is 30.5 Å². The van der Waals surface area contributed by atoms with Crippen LogP contribution in [0.3, 0.4) is 0 Å². The molecule has 1 N–H and O–H groups in total. The first-order valence-electron chi connectivity index (χ1n) is 7.30. The number of hydrogen-bond donors (Lipinski definition) is 1. The van der Waals surface area contributed by atoms with Crippen LogP contribution in [0.1, 0.15) is 38.3 Å². The summed E-state index contributed by atoms with van der Waals surface area (Å²) in [7, 11) is 0. The smallest absolute Gasteiger partial charge is 0.128 e. The zero-order chi connectivity index (χ0) is 14.8. The maximum absolute atomic E-state index is 13.7. The van der Waals surface area contributed by atoms with E-state index in [4.69, 9.17) is 9.47 Å². The highest BCUT2D eigenvalue weighted by molar-refractivity contribution is 5.24. The summed E-state index contributed by atoms with van der Waals surface area (Å²) in [6.45, 7) is 9.12. The largest absolute Gasteiger partial charge is 0.376 e. The van der Waals surface area contributed by atoms with Gasteiger partial charge in [0.05, 0.1) is 25.9 Å². The Balaban J connectivity index is 2.37. The van der Waals surface area contributed by atoms with E-state index in [2.05, 4.69) is 12.2 Å². The van der Waals surface area contributed by atoms with E-state index in [0.29, 0.717) is 18.8 Å². The van der Waals surface area contributed by atoms with Crippen LogP contribution in [0.15, 0.2) is 18.2 Å². The Bertz CT molecular complexity index is 383. The monoisotopic (exact) mass is 283 g/mol. The van der Waals surface area contributed by atoms with Gasteiger partial charge in [0, 0.05) is 12.1 Å². The van der Waals surface area contributed by atoms with Crippen molar-refractivity contribution in [1.82, 2.24) is 5.32 Å². The van der Waals surface area contributed by atoms with Gasteiger partial charge >= 0.3 is 0 Å². The van der Waals surface area contributed by atoms with Gasteiger partial charge in [-0.05, 0) is 44.5 Å². The molecule has 3 nitrogen and oxygen atoms in total. The number of ether oxygens (including phenoxy) is 2. The number of nitrogens with one attached hydrogen (secondary N) is 1. The Kier molecular flexibility index (Phi) is 8.42. The van der Waals surface area contributed by atoms with Crippen molar-refractivity contribution in [2.75, 3.05) is 19.8 Å². The van der Waals surface area contributed by atoms with Gasteiger partial charge < -0.3 is 14.8 Å². The lowest BCUT2D eigenvalue weighted by molar-refractivity contribution is 0.0136. The van der Waals surface area contributed by atoms with Crippen molar-refractivity contribution < 1.29 is 13.9 Å². The molecule has 4 heteroatoms. The van der Waals surface area contributed by atoms with Gasteiger partial charge in [0.25, 0.3) is 0 Å². The summed E-state index contributed by atoms with van der Waals surface area (Å²) < 4.78 is 24.5. The molecule has 0 aliphatic carbocycles. The summed E-state index contributed by atoms with van der Waals surface area (Å²) in [4.78, 5) is 0. The van der Waals surface area contributed by atoms with Gasteiger partial charge in [0.1, 0.15) is 5.82 Å². The molecular weight excluding hydrogens is 257 g/mol. The Morgan fingerprint density at radius 1 is 1.25 bits per heavy atom. The second-order valence-corrected chi connectivity index (χ2v) is 5.07. The minimum atomic E-state index is -0.214. The lowest BCUT2D eigenvalue weighted by Gasteiger charge is -2.10. The molecule has 20 heavy (non-hydrogen) atoms. The SMILES string of the molecule is CCCNCc1ccc(F)c(COCCOC(C)C)c1. The molecule has 0 aromatic heterocycles. The molecule has 0 atom stereocenters. The third kappa shape index (κ3) is 6.98. The zero-order valence-corrected chi connectivity index (χ0v) is 12.7. The minimum absolute atomic E-state index is 0.198. The molecule has 0 saturated carbocycles. The molecule has 0 saturated heterocycles. The van der Waals surface area contributed by atoms with Gasteiger partial charge in [0.15, 0.2) is 0 Å². The van der Waals surface area contributed by atoms with E-state index < -0.39 is 0 Å². The average molecular weight is 283 g/mol. The van der Waals surface area contributed by atoms with E-state index in [1.165, 1.54) is 6.07 Å². The van der Waals surface area contributed by atoms with Crippen molar-refractivity contribution in [2.45, 2.75) is 46.4 Å². The van der Waals surface area contributed by atoms with E-state index in [0.717, 1.165) is 25.1 Å². The van der Waals surface area contributed by atoms with Crippen LogP contribution >= 0.6 is 0 Å². The van der Waals surface area contributed by atoms with E-state index in [9.17, 15) is 4.39 Å². The highest BCUT2D eigenvalue weighted by Gasteiger charge is 2.04.